The fourth-order valence-corrected chi connectivity index (χ4v) is 4.57. The Hall–Kier alpha value is -1.31. The lowest BCUT2D eigenvalue weighted by Crippen LogP contribution is -2.42. The Balaban J connectivity index is 0.00000196. The van der Waals surface area contributed by atoms with Crippen molar-refractivity contribution in [3.05, 3.63) is 30.1 Å². The predicted molar refractivity (Wildman–Crippen MR) is 118 cm³/mol. The second kappa shape index (κ2) is 8.59. The summed E-state index contributed by atoms with van der Waals surface area (Å²) in [4.78, 5) is 15.0. The van der Waals surface area contributed by atoms with E-state index in [0.29, 0.717) is 5.41 Å². The summed E-state index contributed by atoms with van der Waals surface area (Å²) >= 11 is 0. The van der Waals surface area contributed by atoms with Gasteiger partial charge in [-0.2, -0.15) is 0 Å². The van der Waals surface area contributed by atoms with Gasteiger partial charge in [-0.3, -0.25) is 4.99 Å². The number of nitrogens with zero attached hydrogens (tertiary/aromatic N) is 3. The third-order valence-corrected chi connectivity index (χ3v) is 5.95. The number of halogens is 1. The van der Waals surface area contributed by atoms with E-state index in [1.54, 1.807) is 0 Å². The van der Waals surface area contributed by atoms with Crippen LogP contribution in [0.15, 0.2) is 29.3 Å². The zero-order valence-electron chi connectivity index (χ0n) is 15.6. The molecule has 2 heterocycles. The highest BCUT2D eigenvalue weighted by Crippen LogP contribution is 2.43. The molecule has 1 aromatic heterocycles. The van der Waals surface area contributed by atoms with Gasteiger partial charge in [-0.1, -0.05) is 31.4 Å². The highest BCUT2D eigenvalue weighted by molar-refractivity contribution is 14.0. The summed E-state index contributed by atoms with van der Waals surface area (Å²) in [6, 6.07) is 8.20. The number of H-pyrrole nitrogens is 1. The van der Waals surface area contributed by atoms with Gasteiger partial charge in [0.1, 0.15) is 5.82 Å². The van der Waals surface area contributed by atoms with Crippen molar-refractivity contribution in [1.82, 2.24) is 20.2 Å². The molecule has 0 unspecified atom stereocenters. The van der Waals surface area contributed by atoms with E-state index in [1.807, 2.05) is 19.2 Å². The van der Waals surface area contributed by atoms with E-state index in [2.05, 4.69) is 37.3 Å². The van der Waals surface area contributed by atoms with E-state index in [1.165, 1.54) is 45.1 Å². The van der Waals surface area contributed by atoms with Crippen LogP contribution in [-0.4, -0.2) is 47.5 Å². The van der Waals surface area contributed by atoms with Crippen LogP contribution in [0, 0.1) is 5.41 Å². The van der Waals surface area contributed by atoms with Gasteiger partial charge < -0.3 is 15.2 Å². The first kappa shape index (κ1) is 19.5. The lowest BCUT2D eigenvalue weighted by atomic mass is 9.73. The van der Waals surface area contributed by atoms with Crippen LogP contribution in [0.4, 0.5) is 0 Å². The summed E-state index contributed by atoms with van der Waals surface area (Å²) in [5.74, 6) is 2.09. The minimum atomic E-state index is 0. The third-order valence-electron chi connectivity index (χ3n) is 5.95. The molecule has 2 N–H and O–H groups in total. The monoisotopic (exact) mass is 467 g/mol. The smallest absolute Gasteiger partial charge is 0.193 e. The van der Waals surface area contributed by atoms with E-state index >= 15 is 0 Å². The number of aliphatic imine (C=N–C) groups is 1. The molecule has 26 heavy (non-hydrogen) atoms. The van der Waals surface area contributed by atoms with Gasteiger partial charge in [-0.05, 0) is 36.8 Å². The number of para-hydroxylation sites is 2. The predicted octanol–water partition coefficient (Wildman–Crippen LogP) is 3.96. The Labute approximate surface area is 173 Å². The number of aromatic amines is 1. The highest BCUT2D eigenvalue weighted by Gasteiger charge is 2.39. The molecule has 4 rings (SSSR count). The number of hydrogen-bond acceptors (Lipinski definition) is 2. The zero-order valence-corrected chi connectivity index (χ0v) is 18.0. The number of guanidine groups is 1. The number of imidazole rings is 1. The number of hydrogen-bond donors (Lipinski definition) is 2. The van der Waals surface area contributed by atoms with Gasteiger partial charge in [0.05, 0.1) is 11.0 Å². The van der Waals surface area contributed by atoms with Crippen LogP contribution in [0.2, 0.25) is 0 Å². The number of nitrogens with one attached hydrogen (secondary N) is 2. The molecule has 2 aromatic rings. The van der Waals surface area contributed by atoms with E-state index in [4.69, 9.17) is 0 Å². The fourth-order valence-electron chi connectivity index (χ4n) is 4.57. The molecule has 1 aromatic carbocycles. The lowest BCUT2D eigenvalue weighted by Gasteiger charge is -2.33. The second-order valence-corrected chi connectivity index (χ2v) is 7.66. The van der Waals surface area contributed by atoms with Crippen molar-refractivity contribution in [3.63, 3.8) is 0 Å². The van der Waals surface area contributed by atoms with Gasteiger partial charge in [0.2, 0.25) is 0 Å². The molecule has 1 saturated carbocycles. The quantitative estimate of drug-likeness (QED) is 0.408. The van der Waals surface area contributed by atoms with Gasteiger partial charge in [0.15, 0.2) is 5.96 Å². The number of benzene rings is 1. The van der Waals surface area contributed by atoms with E-state index in [0.717, 1.165) is 42.3 Å². The van der Waals surface area contributed by atoms with E-state index in [9.17, 15) is 0 Å². The summed E-state index contributed by atoms with van der Waals surface area (Å²) in [7, 11) is 1.90. The first-order valence-corrected chi connectivity index (χ1v) is 9.67. The summed E-state index contributed by atoms with van der Waals surface area (Å²) in [5, 5.41) is 3.54. The molecule has 1 spiro atoms. The molecule has 0 radical (unpaired) electrons. The fraction of sp³-hybridized carbons (Fsp3) is 0.600. The Kier molecular flexibility index (Phi) is 6.42. The first-order valence-electron chi connectivity index (χ1n) is 9.67. The molecule has 6 heteroatoms. The van der Waals surface area contributed by atoms with Crippen LogP contribution in [0.5, 0.6) is 0 Å². The van der Waals surface area contributed by atoms with Crippen molar-refractivity contribution in [1.29, 1.82) is 0 Å². The van der Waals surface area contributed by atoms with Gasteiger partial charge in [0, 0.05) is 33.1 Å². The van der Waals surface area contributed by atoms with Gasteiger partial charge in [-0.25, -0.2) is 4.98 Å². The molecule has 2 aliphatic rings. The standard InChI is InChI=1S/C20H29N5.HI/c1-21-19(25-14-12-20(15-25)10-5-2-6-11-20)22-13-9-18-23-16-7-3-4-8-17(16)24-18;/h3-4,7-8H,2,5-6,9-15H2,1H3,(H,21,22)(H,23,24);1H. The number of rotatable bonds is 3. The average Bonchev–Trinajstić information content (AvgIpc) is 3.23. The maximum atomic E-state index is 4.65. The summed E-state index contributed by atoms with van der Waals surface area (Å²) < 4.78 is 0. The van der Waals surface area contributed by atoms with Gasteiger partial charge in [0.25, 0.3) is 0 Å². The molecule has 0 amide bonds. The van der Waals surface area contributed by atoms with Crippen LogP contribution in [0.25, 0.3) is 11.0 Å². The van der Waals surface area contributed by atoms with Crippen LogP contribution < -0.4 is 5.32 Å². The lowest BCUT2D eigenvalue weighted by molar-refractivity contribution is 0.203. The molecule has 2 fully saturated rings. The Morgan fingerprint density at radius 2 is 2.04 bits per heavy atom. The van der Waals surface area contributed by atoms with Crippen molar-refractivity contribution in [3.8, 4) is 0 Å². The topological polar surface area (TPSA) is 56.3 Å². The molecule has 1 saturated heterocycles. The Bertz CT molecular complexity index is 714. The molecule has 142 valence electrons. The summed E-state index contributed by atoms with van der Waals surface area (Å²) in [5.41, 5.74) is 2.72. The molecule has 5 nitrogen and oxygen atoms in total. The maximum absolute atomic E-state index is 4.65. The zero-order chi connectivity index (χ0) is 17.1. The van der Waals surface area contributed by atoms with E-state index < -0.39 is 0 Å². The molecule has 1 aliphatic carbocycles. The SMILES string of the molecule is CN=C(NCCc1nc2ccccc2[nH]1)N1CCC2(CCCCC2)C1.I. The van der Waals surface area contributed by atoms with Crippen LogP contribution >= 0.6 is 24.0 Å². The minimum Gasteiger partial charge on any atom is -0.356 e. The number of likely N-dealkylation sites (tertiary alicyclic amines) is 1. The van der Waals surface area contributed by atoms with Gasteiger partial charge >= 0.3 is 0 Å². The molecular formula is C20H30IN5. The molecule has 0 atom stereocenters. The van der Waals surface area contributed by atoms with Crippen molar-refractivity contribution in [2.45, 2.75) is 44.9 Å². The third kappa shape index (κ3) is 4.15. The maximum Gasteiger partial charge on any atom is 0.193 e. The van der Waals surface area contributed by atoms with Crippen LogP contribution in [0.3, 0.4) is 0 Å². The molecule has 0 bridgehead atoms. The molecule has 1 aliphatic heterocycles. The van der Waals surface area contributed by atoms with Crippen molar-refractivity contribution in [2.75, 3.05) is 26.7 Å². The van der Waals surface area contributed by atoms with E-state index in [-0.39, 0.29) is 24.0 Å². The van der Waals surface area contributed by atoms with Crippen LogP contribution in [0.1, 0.15) is 44.3 Å². The highest BCUT2D eigenvalue weighted by atomic mass is 127. The summed E-state index contributed by atoms with van der Waals surface area (Å²) in [6.07, 6.45) is 9.26. The summed E-state index contributed by atoms with van der Waals surface area (Å²) in [6.45, 7) is 3.18. The Morgan fingerprint density at radius 3 is 2.81 bits per heavy atom. The van der Waals surface area contributed by atoms with Crippen LogP contribution in [-0.2, 0) is 6.42 Å². The normalized spacial score (nSPS) is 19.7. The van der Waals surface area contributed by atoms with Crippen molar-refractivity contribution >= 4 is 41.0 Å². The Morgan fingerprint density at radius 1 is 1.23 bits per heavy atom. The number of aromatic nitrogens is 2. The van der Waals surface area contributed by atoms with Crippen molar-refractivity contribution in [2.24, 2.45) is 10.4 Å². The van der Waals surface area contributed by atoms with Crippen molar-refractivity contribution < 1.29 is 0 Å². The second-order valence-electron chi connectivity index (χ2n) is 7.66. The molecular weight excluding hydrogens is 437 g/mol. The number of fused-ring (bicyclic) bond motifs is 1. The van der Waals surface area contributed by atoms with Gasteiger partial charge in [-0.15, -0.1) is 24.0 Å². The largest absolute Gasteiger partial charge is 0.356 e. The minimum absolute atomic E-state index is 0. The average molecular weight is 467 g/mol. The first-order chi connectivity index (χ1) is 12.3.